The quantitative estimate of drug-likeness (QED) is 0.620. The zero-order chi connectivity index (χ0) is 22.7. The van der Waals surface area contributed by atoms with Gasteiger partial charge in [-0.15, -0.1) is 0 Å². The van der Waals surface area contributed by atoms with Crippen LogP contribution in [0.15, 0.2) is 24.7 Å². The van der Waals surface area contributed by atoms with E-state index in [0.717, 1.165) is 71.8 Å². The molecule has 6 rings (SSSR count). The molecule has 2 aliphatic carbocycles. The van der Waals surface area contributed by atoms with Crippen LogP contribution in [0.5, 0.6) is 0 Å². The number of aryl methyl sites for hydroxylation is 2. The zero-order valence-electron chi connectivity index (χ0n) is 19.0. The van der Waals surface area contributed by atoms with E-state index in [1.54, 1.807) is 17.1 Å². The van der Waals surface area contributed by atoms with Crippen LogP contribution < -0.4 is 16.0 Å². The molecule has 0 radical (unpaired) electrons. The van der Waals surface area contributed by atoms with Crippen molar-refractivity contribution in [3.63, 3.8) is 0 Å². The molecule has 3 aromatic heterocycles. The Morgan fingerprint density at radius 1 is 1.21 bits per heavy atom. The summed E-state index contributed by atoms with van der Waals surface area (Å²) in [5.41, 5.74) is 11.5. The smallest absolute Gasteiger partial charge is 0.254 e. The average molecular weight is 445 g/mol. The first kappa shape index (κ1) is 20.1. The molecule has 1 amide bonds. The molecule has 0 spiro atoms. The number of amides is 1. The van der Waals surface area contributed by atoms with Gasteiger partial charge in [0.1, 0.15) is 5.82 Å². The standard InChI is InChI=1S/C24H28N8O/c1-13-5-20-19(22(25)28-13)3-4-21(20)30-23(33)18-8-27-32(12-18)11-17-7-26-24(29-14(17)2)31-9-15-6-16(15)10-31/h5,7-8,12,15-16,21H,3-4,6,9-11H2,1-2H3,(H2,25,28)(H,30,33)/t15?,16?,21-/m1/s1. The first-order chi connectivity index (χ1) is 15.9. The van der Waals surface area contributed by atoms with Crippen molar-refractivity contribution in [2.24, 2.45) is 11.8 Å². The Morgan fingerprint density at radius 2 is 2.03 bits per heavy atom. The fourth-order valence-corrected chi connectivity index (χ4v) is 5.26. The molecule has 1 saturated carbocycles. The van der Waals surface area contributed by atoms with Crippen LogP contribution in [0.4, 0.5) is 11.8 Å². The zero-order valence-corrected chi connectivity index (χ0v) is 19.0. The Hall–Kier alpha value is -3.49. The van der Waals surface area contributed by atoms with E-state index < -0.39 is 0 Å². The minimum Gasteiger partial charge on any atom is -0.383 e. The number of hydrogen-bond acceptors (Lipinski definition) is 7. The van der Waals surface area contributed by atoms with Crippen molar-refractivity contribution in [2.45, 2.75) is 45.7 Å². The molecule has 3 aliphatic rings. The summed E-state index contributed by atoms with van der Waals surface area (Å²) in [6.45, 7) is 6.61. The van der Waals surface area contributed by atoms with Gasteiger partial charge >= 0.3 is 0 Å². The van der Waals surface area contributed by atoms with Gasteiger partial charge in [0.15, 0.2) is 0 Å². The van der Waals surface area contributed by atoms with Crippen LogP contribution in [-0.4, -0.2) is 43.7 Å². The number of anilines is 2. The van der Waals surface area contributed by atoms with Crippen LogP contribution in [0.1, 0.15) is 57.3 Å². The number of piperidine rings is 1. The molecule has 0 bridgehead atoms. The van der Waals surface area contributed by atoms with Gasteiger partial charge in [0.2, 0.25) is 5.95 Å². The number of nitrogen functional groups attached to an aromatic ring is 1. The number of carbonyl (C=O) groups is 1. The molecule has 9 nitrogen and oxygen atoms in total. The third kappa shape index (κ3) is 3.71. The molecule has 3 atom stereocenters. The minimum absolute atomic E-state index is 0.0559. The highest BCUT2D eigenvalue weighted by atomic mass is 16.1. The second kappa shape index (κ2) is 7.54. The molecule has 2 unspecified atom stereocenters. The first-order valence-corrected chi connectivity index (χ1v) is 11.6. The first-order valence-electron chi connectivity index (χ1n) is 11.6. The van der Waals surface area contributed by atoms with Crippen molar-refractivity contribution in [3.8, 4) is 0 Å². The van der Waals surface area contributed by atoms with Gasteiger partial charge in [-0.25, -0.2) is 15.0 Å². The van der Waals surface area contributed by atoms with E-state index in [-0.39, 0.29) is 11.9 Å². The van der Waals surface area contributed by atoms with Gasteiger partial charge in [0, 0.05) is 42.4 Å². The monoisotopic (exact) mass is 444 g/mol. The normalized spacial score (nSPS) is 22.8. The van der Waals surface area contributed by atoms with Crippen LogP contribution in [0.25, 0.3) is 0 Å². The second-order valence-electron chi connectivity index (χ2n) is 9.65. The van der Waals surface area contributed by atoms with Crippen LogP contribution in [0.3, 0.4) is 0 Å². The fourth-order valence-electron chi connectivity index (χ4n) is 5.26. The maximum absolute atomic E-state index is 12.9. The summed E-state index contributed by atoms with van der Waals surface area (Å²) >= 11 is 0. The second-order valence-corrected chi connectivity index (χ2v) is 9.65. The maximum atomic E-state index is 12.9. The van der Waals surface area contributed by atoms with E-state index in [1.165, 1.54) is 6.42 Å². The van der Waals surface area contributed by atoms with E-state index in [0.29, 0.717) is 17.9 Å². The van der Waals surface area contributed by atoms with Gasteiger partial charge in [-0.05, 0) is 62.1 Å². The summed E-state index contributed by atoms with van der Waals surface area (Å²) in [5, 5.41) is 7.53. The Kier molecular flexibility index (Phi) is 4.60. The predicted molar refractivity (Wildman–Crippen MR) is 124 cm³/mol. The molecule has 3 aromatic rings. The Balaban J connectivity index is 1.12. The summed E-state index contributed by atoms with van der Waals surface area (Å²) in [4.78, 5) is 28.9. The molecular weight excluding hydrogens is 416 g/mol. The lowest BCUT2D eigenvalue weighted by Gasteiger charge is -2.18. The van der Waals surface area contributed by atoms with Crippen molar-refractivity contribution >= 4 is 17.7 Å². The lowest BCUT2D eigenvalue weighted by molar-refractivity contribution is 0.0936. The van der Waals surface area contributed by atoms with Gasteiger partial charge in [-0.3, -0.25) is 9.48 Å². The number of rotatable bonds is 5. The fraction of sp³-hybridized carbons (Fsp3) is 0.458. The van der Waals surface area contributed by atoms with Gasteiger partial charge in [0.25, 0.3) is 5.91 Å². The van der Waals surface area contributed by atoms with Crippen molar-refractivity contribution in [3.05, 3.63) is 58.3 Å². The summed E-state index contributed by atoms with van der Waals surface area (Å²) in [7, 11) is 0. The number of nitrogens with one attached hydrogen (secondary N) is 1. The SMILES string of the molecule is Cc1cc2c(c(N)n1)CC[C@H]2NC(=O)c1cnn(Cc2cnc(N3CC4CC4C3)nc2C)c1. The maximum Gasteiger partial charge on any atom is 0.254 e. The van der Waals surface area contributed by atoms with Gasteiger partial charge in [-0.1, -0.05) is 0 Å². The highest BCUT2D eigenvalue weighted by Gasteiger charge is 2.45. The molecule has 170 valence electrons. The molecule has 4 heterocycles. The summed E-state index contributed by atoms with van der Waals surface area (Å²) < 4.78 is 1.76. The largest absolute Gasteiger partial charge is 0.383 e. The van der Waals surface area contributed by atoms with E-state index in [1.807, 2.05) is 26.1 Å². The van der Waals surface area contributed by atoms with Gasteiger partial charge in [0.05, 0.1) is 24.3 Å². The van der Waals surface area contributed by atoms with E-state index in [2.05, 4.69) is 25.3 Å². The number of hydrogen-bond donors (Lipinski definition) is 2. The molecular formula is C24H28N8O. The Labute approximate surface area is 192 Å². The van der Waals surface area contributed by atoms with Gasteiger partial charge < -0.3 is 16.0 Å². The topological polar surface area (TPSA) is 115 Å². The molecule has 33 heavy (non-hydrogen) atoms. The summed E-state index contributed by atoms with van der Waals surface area (Å²) in [6.07, 6.45) is 8.29. The van der Waals surface area contributed by atoms with Crippen LogP contribution in [0.2, 0.25) is 0 Å². The number of fused-ring (bicyclic) bond motifs is 2. The predicted octanol–water partition coefficient (Wildman–Crippen LogP) is 2.19. The molecule has 3 N–H and O–H groups in total. The van der Waals surface area contributed by atoms with E-state index in [4.69, 9.17) is 10.7 Å². The Bertz CT molecular complexity index is 1240. The third-order valence-corrected chi connectivity index (χ3v) is 7.24. The number of nitrogens with zero attached hydrogens (tertiary/aromatic N) is 6. The third-order valence-electron chi connectivity index (χ3n) is 7.24. The molecule has 2 fully saturated rings. The van der Waals surface area contributed by atoms with Crippen LogP contribution in [-0.2, 0) is 13.0 Å². The van der Waals surface area contributed by atoms with E-state index in [9.17, 15) is 4.79 Å². The molecule has 1 aliphatic heterocycles. The number of carbonyl (C=O) groups excluding carboxylic acids is 1. The van der Waals surface area contributed by atoms with Crippen LogP contribution >= 0.6 is 0 Å². The lowest BCUT2D eigenvalue weighted by Crippen LogP contribution is -2.27. The summed E-state index contributed by atoms with van der Waals surface area (Å²) in [6, 6.07) is 1.96. The Morgan fingerprint density at radius 3 is 2.82 bits per heavy atom. The number of nitrogens with two attached hydrogens (primary N) is 1. The molecule has 9 heteroatoms. The van der Waals surface area contributed by atoms with E-state index >= 15 is 0 Å². The number of aromatic nitrogens is 5. The highest BCUT2D eigenvalue weighted by molar-refractivity contribution is 5.94. The van der Waals surface area contributed by atoms with Crippen molar-refractivity contribution < 1.29 is 4.79 Å². The van der Waals surface area contributed by atoms with Crippen molar-refractivity contribution in [2.75, 3.05) is 23.7 Å². The highest BCUT2D eigenvalue weighted by Crippen LogP contribution is 2.45. The van der Waals surface area contributed by atoms with Crippen LogP contribution in [0, 0.1) is 25.7 Å². The van der Waals surface area contributed by atoms with Gasteiger partial charge in [-0.2, -0.15) is 5.10 Å². The average Bonchev–Trinajstić information content (AvgIpc) is 3.16. The molecule has 1 saturated heterocycles. The van der Waals surface area contributed by atoms with Crippen molar-refractivity contribution in [1.29, 1.82) is 0 Å². The van der Waals surface area contributed by atoms with Crippen molar-refractivity contribution in [1.82, 2.24) is 30.0 Å². The molecule has 0 aromatic carbocycles. The minimum atomic E-state index is -0.136. The summed E-state index contributed by atoms with van der Waals surface area (Å²) in [5.74, 6) is 2.95. The lowest BCUT2D eigenvalue weighted by atomic mass is 10.1. The number of pyridine rings is 1.